The number of hydrogen-bond acceptors (Lipinski definition) is 3. The van der Waals surface area contributed by atoms with Gasteiger partial charge in [-0.1, -0.05) is 60.7 Å². The van der Waals surface area contributed by atoms with Crippen LogP contribution in [-0.4, -0.2) is 14.2 Å². The second kappa shape index (κ2) is 9.24. The number of hydrogen-bond donors (Lipinski definition) is 2. The maximum Gasteiger partial charge on any atom is 0.232 e. The largest absolute Gasteiger partial charge is 0.381 e. The number of anilines is 2. The highest BCUT2D eigenvalue weighted by Crippen LogP contribution is 2.16. The van der Waals surface area contributed by atoms with Crippen molar-refractivity contribution in [2.75, 3.05) is 15.8 Å². The Morgan fingerprint density at radius 3 is 1.85 bits per heavy atom. The van der Waals surface area contributed by atoms with Crippen molar-refractivity contribution < 1.29 is 8.42 Å². The van der Waals surface area contributed by atoms with Crippen LogP contribution in [0.25, 0.3) is 0 Å². The van der Waals surface area contributed by atoms with Crippen LogP contribution in [0.15, 0.2) is 84.9 Å². The summed E-state index contributed by atoms with van der Waals surface area (Å²) in [5.74, 6) is 0.107. The first-order valence-electron chi connectivity index (χ1n) is 9.03. The van der Waals surface area contributed by atoms with Crippen molar-refractivity contribution in [1.82, 2.24) is 0 Å². The monoisotopic (exact) mass is 380 g/mol. The molecule has 2 N–H and O–H groups in total. The van der Waals surface area contributed by atoms with Gasteiger partial charge in [0, 0.05) is 17.9 Å². The normalized spacial score (nSPS) is 11.1. The molecule has 0 heterocycles. The molecule has 0 radical (unpaired) electrons. The molecule has 0 unspecified atom stereocenters. The predicted molar refractivity (Wildman–Crippen MR) is 112 cm³/mol. The van der Waals surface area contributed by atoms with Gasteiger partial charge in [-0.2, -0.15) is 0 Å². The van der Waals surface area contributed by atoms with Crippen LogP contribution >= 0.6 is 0 Å². The summed E-state index contributed by atoms with van der Waals surface area (Å²) >= 11 is 0. The Kier molecular flexibility index (Phi) is 6.49. The second-order valence-electron chi connectivity index (χ2n) is 6.43. The van der Waals surface area contributed by atoms with E-state index in [1.165, 1.54) is 5.56 Å². The SMILES string of the molecule is O=S(=O)(CCCc1ccccc1)Nc1ccc(NCc2ccccc2)cc1. The lowest BCUT2D eigenvalue weighted by Crippen LogP contribution is -2.17. The van der Waals surface area contributed by atoms with Gasteiger partial charge in [0.25, 0.3) is 0 Å². The van der Waals surface area contributed by atoms with Gasteiger partial charge in [0.05, 0.1) is 5.75 Å². The minimum Gasteiger partial charge on any atom is -0.381 e. The standard InChI is InChI=1S/C22H24N2O2S/c25-27(26,17-7-12-19-8-3-1-4-9-19)24-22-15-13-21(14-16-22)23-18-20-10-5-2-6-11-20/h1-6,8-11,13-16,23-24H,7,12,17-18H2. The summed E-state index contributed by atoms with van der Waals surface area (Å²) in [4.78, 5) is 0. The molecule has 4 nitrogen and oxygen atoms in total. The number of nitrogens with one attached hydrogen (secondary N) is 2. The summed E-state index contributed by atoms with van der Waals surface area (Å²) < 4.78 is 27.2. The molecule has 3 rings (SSSR count). The highest BCUT2D eigenvalue weighted by atomic mass is 32.2. The molecule has 3 aromatic rings. The third kappa shape index (κ3) is 6.46. The van der Waals surface area contributed by atoms with Gasteiger partial charge >= 0.3 is 0 Å². The van der Waals surface area contributed by atoms with E-state index >= 15 is 0 Å². The smallest absolute Gasteiger partial charge is 0.232 e. The van der Waals surface area contributed by atoms with Crippen molar-refractivity contribution in [3.8, 4) is 0 Å². The maximum atomic E-state index is 12.3. The van der Waals surface area contributed by atoms with E-state index in [1.54, 1.807) is 12.1 Å². The molecule has 5 heteroatoms. The average Bonchev–Trinajstić information content (AvgIpc) is 2.69. The van der Waals surface area contributed by atoms with Gasteiger partial charge in [-0.25, -0.2) is 8.42 Å². The van der Waals surface area contributed by atoms with Crippen LogP contribution in [0.5, 0.6) is 0 Å². The molecule has 0 aliphatic rings. The van der Waals surface area contributed by atoms with Gasteiger partial charge in [-0.3, -0.25) is 4.72 Å². The fourth-order valence-electron chi connectivity index (χ4n) is 2.80. The third-order valence-corrected chi connectivity index (χ3v) is 5.59. The predicted octanol–water partition coefficient (Wildman–Crippen LogP) is 4.67. The third-order valence-electron chi connectivity index (χ3n) is 4.22. The van der Waals surface area contributed by atoms with Gasteiger partial charge in [-0.15, -0.1) is 0 Å². The van der Waals surface area contributed by atoms with Gasteiger partial charge in [0.1, 0.15) is 0 Å². The molecule has 0 aromatic heterocycles. The van der Waals surface area contributed by atoms with Crippen molar-refractivity contribution in [2.24, 2.45) is 0 Å². The average molecular weight is 381 g/mol. The van der Waals surface area contributed by atoms with E-state index in [-0.39, 0.29) is 5.75 Å². The summed E-state index contributed by atoms with van der Waals surface area (Å²) in [6.45, 7) is 0.728. The first kappa shape index (κ1) is 19.0. The fourth-order valence-corrected chi connectivity index (χ4v) is 3.92. The first-order chi connectivity index (χ1) is 13.1. The molecule has 27 heavy (non-hydrogen) atoms. The van der Waals surface area contributed by atoms with E-state index in [0.717, 1.165) is 24.2 Å². The number of sulfonamides is 1. The molecule has 0 bridgehead atoms. The summed E-state index contributed by atoms with van der Waals surface area (Å²) in [5.41, 5.74) is 3.88. The number of rotatable bonds is 9. The van der Waals surface area contributed by atoms with E-state index in [2.05, 4.69) is 22.2 Å². The van der Waals surface area contributed by atoms with Crippen LogP contribution in [0.1, 0.15) is 17.5 Å². The fraction of sp³-hybridized carbons (Fsp3) is 0.182. The Bertz CT molecular complexity index is 925. The van der Waals surface area contributed by atoms with Crippen molar-refractivity contribution in [1.29, 1.82) is 0 Å². The highest BCUT2D eigenvalue weighted by molar-refractivity contribution is 7.92. The molecule has 0 spiro atoms. The van der Waals surface area contributed by atoms with Crippen LogP contribution in [0.4, 0.5) is 11.4 Å². The van der Waals surface area contributed by atoms with Crippen LogP contribution in [0.3, 0.4) is 0 Å². The summed E-state index contributed by atoms with van der Waals surface area (Å²) in [6, 6.07) is 27.4. The summed E-state index contributed by atoms with van der Waals surface area (Å²) in [5, 5.41) is 3.33. The molecule has 3 aromatic carbocycles. The molecule has 0 aliphatic heterocycles. The van der Waals surface area contributed by atoms with E-state index in [0.29, 0.717) is 12.1 Å². The van der Waals surface area contributed by atoms with E-state index in [1.807, 2.05) is 60.7 Å². The van der Waals surface area contributed by atoms with Crippen LogP contribution in [0, 0.1) is 0 Å². The molecular formula is C22H24N2O2S. The maximum absolute atomic E-state index is 12.3. The summed E-state index contributed by atoms with van der Waals surface area (Å²) in [6.07, 6.45) is 1.35. The molecule has 0 atom stereocenters. The van der Waals surface area contributed by atoms with E-state index < -0.39 is 10.0 Å². The van der Waals surface area contributed by atoms with E-state index in [9.17, 15) is 8.42 Å². The topological polar surface area (TPSA) is 58.2 Å². The van der Waals surface area contributed by atoms with Crippen LogP contribution in [0.2, 0.25) is 0 Å². The minimum absolute atomic E-state index is 0.107. The van der Waals surface area contributed by atoms with Crippen LogP contribution < -0.4 is 10.0 Å². The zero-order valence-corrected chi connectivity index (χ0v) is 16.0. The van der Waals surface area contributed by atoms with Crippen molar-refractivity contribution >= 4 is 21.4 Å². The first-order valence-corrected chi connectivity index (χ1v) is 10.7. The van der Waals surface area contributed by atoms with Crippen molar-refractivity contribution in [2.45, 2.75) is 19.4 Å². The van der Waals surface area contributed by atoms with Gasteiger partial charge < -0.3 is 5.32 Å². The highest BCUT2D eigenvalue weighted by Gasteiger charge is 2.10. The van der Waals surface area contributed by atoms with E-state index in [4.69, 9.17) is 0 Å². The lowest BCUT2D eigenvalue weighted by Gasteiger charge is -2.10. The Balaban J connectivity index is 1.47. The Hall–Kier alpha value is -2.79. The lowest BCUT2D eigenvalue weighted by molar-refractivity contribution is 0.598. The minimum atomic E-state index is -3.34. The number of benzene rings is 3. The second-order valence-corrected chi connectivity index (χ2v) is 8.27. The molecule has 0 fully saturated rings. The van der Waals surface area contributed by atoms with Crippen molar-refractivity contribution in [3.63, 3.8) is 0 Å². The Labute approximate surface area is 161 Å². The number of aryl methyl sites for hydroxylation is 1. The molecule has 0 aliphatic carbocycles. The molecule has 0 amide bonds. The van der Waals surface area contributed by atoms with Gasteiger partial charge in [0.15, 0.2) is 0 Å². The quantitative estimate of drug-likeness (QED) is 0.567. The molecule has 0 saturated carbocycles. The molecule has 140 valence electrons. The molecular weight excluding hydrogens is 356 g/mol. The lowest BCUT2D eigenvalue weighted by atomic mass is 10.1. The molecule has 0 saturated heterocycles. The summed E-state index contributed by atoms with van der Waals surface area (Å²) in [7, 11) is -3.34. The zero-order valence-electron chi connectivity index (χ0n) is 15.1. The van der Waals surface area contributed by atoms with Gasteiger partial charge in [0.2, 0.25) is 10.0 Å². The van der Waals surface area contributed by atoms with Crippen LogP contribution in [-0.2, 0) is 23.0 Å². The zero-order chi connectivity index (χ0) is 19.0. The van der Waals surface area contributed by atoms with Gasteiger partial charge in [-0.05, 0) is 48.2 Å². The Morgan fingerprint density at radius 1 is 0.667 bits per heavy atom. The van der Waals surface area contributed by atoms with Crippen molar-refractivity contribution in [3.05, 3.63) is 96.1 Å². The Morgan fingerprint density at radius 2 is 1.22 bits per heavy atom.